The van der Waals surface area contributed by atoms with Crippen molar-refractivity contribution in [1.82, 2.24) is 0 Å². The summed E-state index contributed by atoms with van der Waals surface area (Å²) in [5, 5.41) is -0.271. The van der Waals surface area contributed by atoms with E-state index in [1.807, 2.05) is 6.92 Å². The SMILES string of the molecule is CC(CCl)CCC(=O)Cl. The fraction of sp³-hybridized carbons (Fsp3) is 0.833. The van der Waals surface area contributed by atoms with E-state index < -0.39 is 0 Å². The molecule has 54 valence electrons. The van der Waals surface area contributed by atoms with Crippen molar-refractivity contribution in [1.29, 1.82) is 0 Å². The van der Waals surface area contributed by atoms with Gasteiger partial charge in [0.25, 0.3) is 0 Å². The first kappa shape index (κ1) is 9.25. The van der Waals surface area contributed by atoms with Crippen LogP contribution in [0.3, 0.4) is 0 Å². The Kier molecular flexibility index (Phi) is 5.21. The smallest absolute Gasteiger partial charge is 0.221 e. The summed E-state index contributed by atoms with van der Waals surface area (Å²) < 4.78 is 0. The average molecular weight is 169 g/mol. The van der Waals surface area contributed by atoms with Crippen molar-refractivity contribution in [3.63, 3.8) is 0 Å². The summed E-state index contributed by atoms with van der Waals surface area (Å²) in [7, 11) is 0. The number of hydrogen-bond donors (Lipinski definition) is 0. The number of halogens is 2. The Morgan fingerprint density at radius 1 is 1.67 bits per heavy atom. The Morgan fingerprint density at radius 2 is 2.22 bits per heavy atom. The van der Waals surface area contributed by atoms with Crippen LogP contribution in [0.4, 0.5) is 0 Å². The van der Waals surface area contributed by atoms with Crippen molar-refractivity contribution in [2.24, 2.45) is 5.92 Å². The number of hydrogen-bond acceptors (Lipinski definition) is 1. The monoisotopic (exact) mass is 168 g/mol. The van der Waals surface area contributed by atoms with Crippen LogP contribution in [0.5, 0.6) is 0 Å². The number of alkyl halides is 1. The molecule has 0 fully saturated rings. The first-order chi connectivity index (χ1) is 4.16. The van der Waals surface area contributed by atoms with Crippen LogP contribution in [-0.4, -0.2) is 11.1 Å². The van der Waals surface area contributed by atoms with Gasteiger partial charge in [-0.1, -0.05) is 6.92 Å². The maximum absolute atomic E-state index is 10.2. The molecule has 0 spiro atoms. The van der Waals surface area contributed by atoms with Crippen LogP contribution in [-0.2, 0) is 4.79 Å². The molecule has 0 aliphatic heterocycles. The van der Waals surface area contributed by atoms with Gasteiger partial charge in [-0.05, 0) is 23.9 Å². The molecule has 0 bridgehead atoms. The Hall–Kier alpha value is 0.250. The lowest BCUT2D eigenvalue weighted by Crippen LogP contribution is -1.98. The number of carbonyl (C=O) groups is 1. The Balaban J connectivity index is 3.16. The molecule has 0 radical (unpaired) electrons. The molecule has 0 aromatic carbocycles. The molecule has 0 aliphatic carbocycles. The summed E-state index contributed by atoms with van der Waals surface area (Å²) in [5.74, 6) is 0.999. The maximum Gasteiger partial charge on any atom is 0.221 e. The third-order valence-electron chi connectivity index (χ3n) is 1.10. The Labute approximate surface area is 65.3 Å². The lowest BCUT2D eigenvalue weighted by molar-refractivity contribution is -0.111. The van der Waals surface area contributed by atoms with E-state index in [0.29, 0.717) is 18.2 Å². The van der Waals surface area contributed by atoms with Gasteiger partial charge < -0.3 is 0 Å². The first-order valence-corrected chi connectivity index (χ1v) is 3.82. The zero-order valence-corrected chi connectivity index (χ0v) is 6.87. The highest BCUT2D eigenvalue weighted by Gasteiger charge is 2.01. The second-order valence-electron chi connectivity index (χ2n) is 2.15. The molecule has 0 N–H and O–H groups in total. The van der Waals surface area contributed by atoms with E-state index in [9.17, 15) is 4.79 Å². The van der Waals surface area contributed by atoms with Crippen LogP contribution in [0, 0.1) is 5.92 Å². The molecule has 1 unspecified atom stereocenters. The van der Waals surface area contributed by atoms with E-state index in [1.165, 1.54) is 0 Å². The van der Waals surface area contributed by atoms with Gasteiger partial charge in [0.1, 0.15) is 0 Å². The molecular formula is C6H10Cl2O. The second-order valence-corrected chi connectivity index (χ2v) is 2.88. The van der Waals surface area contributed by atoms with Crippen molar-refractivity contribution in [3.05, 3.63) is 0 Å². The van der Waals surface area contributed by atoms with E-state index in [-0.39, 0.29) is 5.24 Å². The molecule has 9 heavy (non-hydrogen) atoms. The van der Waals surface area contributed by atoms with Crippen LogP contribution in [0.2, 0.25) is 0 Å². The first-order valence-electron chi connectivity index (χ1n) is 2.91. The van der Waals surface area contributed by atoms with Gasteiger partial charge in [0.15, 0.2) is 0 Å². The summed E-state index contributed by atoms with van der Waals surface area (Å²) in [5.41, 5.74) is 0. The Morgan fingerprint density at radius 3 is 2.56 bits per heavy atom. The van der Waals surface area contributed by atoms with Gasteiger partial charge >= 0.3 is 0 Å². The van der Waals surface area contributed by atoms with Crippen molar-refractivity contribution in [2.45, 2.75) is 19.8 Å². The van der Waals surface area contributed by atoms with Gasteiger partial charge in [-0.2, -0.15) is 0 Å². The molecular weight excluding hydrogens is 159 g/mol. The van der Waals surface area contributed by atoms with E-state index in [0.717, 1.165) is 6.42 Å². The van der Waals surface area contributed by atoms with Gasteiger partial charge in [-0.3, -0.25) is 4.79 Å². The highest BCUT2D eigenvalue weighted by Crippen LogP contribution is 2.08. The predicted molar refractivity (Wildman–Crippen MR) is 40.0 cm³/mol. The lowest BCUT2D eigenvalue weighted by atomic mass is 10.1. The van der Waals surface area contributed by atoms with Gasteiger partial charge in [0.2, 0.25) is 5.24 Å². The van der Waals surface area contributed by atoms with Crippen LogP contribution in [0.1, 0.15) is 19.8 Å². The molecule has 1 atom stereocenters. The summed E-state index contributed by atoms with van der Waals surface area (Å²) >= 11 is 10.6. The third kappa shape index (κ3) is 6.13. The second kappa shape index (κ2) is 5.07. The molecule has 0 heterocycles. The minimum atomic E-state index is -0.271. The molecule has 0 saturated carbocycles. The van der Waals surface area contributed by atoms with Crippen molar-refractivity contribution in [3.8, 4) is 0 Å². The van der Waals surface area contributed by atoms with Crippen molar-refractivity contribution >= 4 is 28.4 Å². The fourth-order valence-corrected chi connectivity index (χ4v) is 0.700. The van der Waals surface area contributed by atoms with Crippen LogP contribution in [0.25, 0.3) is 0 Å². The molecule has 0 amide bonds. The third-order valence-corrected chi connectivity index (χ3v) is 1.81. The quantitative estimate of drug-likeness (QED) is 0.466. The molecule has 0 aliphatic rings. The van der Waals surface area contributed by atoms with Crippen molar-refractivity contribution in [2.75, 3.05) is 5.88 Å². The maximum atomic E-state index is 10.2. The van der Waals surface area contributed by atoms with E-state index in [2.05, 4.69) is 0 Å². The normalized spacial score (nSPS) is 13.2. The van der Waals surface area contributed by atoms with Gasteiger partial charge in [-0.25, -0.2) is 0 Å². The highest BCUT2D eigenvalue weighted by molar-refractivity contribution is 6.63. The number of rotatable bonds is 4. The van der Waals surface area contributed by atoms with E-state index in [1.54, 1.807) is 0 Å². The van der Waals surface area contributed by atoms with Gasteiger partial charge in [0.05, 0.1) is 0 Å². The summed E-state index contributed by atoms with van der Waals surface area (Å²) in [4.78, 5) is 10.2. The molecule has 0 rings (SSSR count). The summed E-state index contributed by atoms with van der Waals surface area (Å²) in [6.07, 6.45) is 1.24. The summed E-state index contributed by atoms with van der Waals surface area (Å²) in [6.45, 7) is 1.99. The topological polar surface area (TPSA) is 17.1 Å². The zero-order chi connectivity index (χ0) is 7.28. The molecule has 0 saturated heterocycles. The van der Waals surface area contributed by atoms with Crippen LogP contribution < -0.4 is 0 Å². The largest absolute Gasteiger partial charge is 0.281 e. The minimum Gasteiger partial charge on any atom is -0.281 e. The molecule has 1 nitrogen and oxygen atoms in total. The molecule has 3 heteroatoms. The molecule has 0 aromatic heterocycles. The zero-order valence-electron chi connectivity index (χ0n) is 5.36. The standard InChI is InChI=1S/C6H10Cl2O/c1-5(4-7)2-3-6(8)9/h5H,2-4H2,1H3. The highest BCUT2D eigenvalue weighted by atomic mass is 35.5. The average Bonchev–Trinajstić information content (AvgIpc) is 1.83. The fourth-order valence-electron chi connectivity index (χ4n) is 0.437. The van der Waals surface area contributed by atoms with Gasteiger partial charge in [-0.15, -0.1) is 11.6 Å². The number of carbonyl (C=O) groups excluding carboxylic acids is 1. The summed E-state index contributed by atoms with van der Waals surface area (Å²) in [6, 6.07) is 0. The van der Waals surface area contributed by atoms with Gasteiger partial charge in [0, 0.05) is 12.3 Å². The molecule has 0 aromatic rings. The van der Waals surface area contributed by atoms with Crippen LogP contribution >= 0.6 is 23.2 Å². The van der Waals surface area contributed by atoms with Crippen molar-refractivity contribution < 1.29 is 4.79 Å². The van der Waals surface area contributed by atoms with Crippen LogP contribution in [0.15, 0.2) is 0 Å². The predicted octanol–water partition coefficient (Wildman–Crippen LogP) is 2.41. The Bertz CT molecular complexity index is 93.1. The van der Waals surface area contributed by atoms with E-state index >= 15 is 0 Å². The minimum absolute atomic E-state index is 0.271. The lowest BCUT2D eigenvalue weighted by Gasteiger charge is -2.01. The van der Waals surface area contributed by atoms with E-state index in [4.69, 9.17) is 23.2 Å².